The molecule has 2 aliphatic heterocycles. The molecule has 0 saturated carbocycles. The van der Waals surface area contributed by atoms with Crippen molar-refractivity contribution >= 4 is 78.0 Å². The predicted octanol–water partition coefficient (Wildman–Crippen LogP) is 12.9. The molecule has 59 heavy (non-hydrogen) atoms. The monoisotopic (exact) mass is 788 g/mol. The Labute approximate surface area is 354 Å². The van der Waals surface area contributed by atoms with Crippen LogP contribution in [0.2, 0.25) is 0 Å². The van der Waals surface area contributed by atoms with Crippen LogP contribution in [0, 0.1) is 0 Å². The average molecular weight is 789 g/mol. The number of benzene rings is 6. The number of aryl methyl sites for hydroxylation is 4. The first-order valence-electron chi connectivity index (χ1n) is 21.6. The predicted molar refractivity (Wildman–Crippen MR) is 253 cm³/mol. The first-order chi connectivity index (χ1) is 28.1. The van der Waals surface area contributed by atoms with Crippen molar-refractivity contribution in [3.63, 3.8) is 0 Å². The summed E-state index contributed by atoms with van der Waals surface area (Å²) in [6, 6.07) is 42.6. The lowest BCUT2D eigenvalue weighted by atomic mass is 9.36. The normalized spacial score (nSPS) is 15.0. The summed E-state index contributed by atoms with van der Waals surface area (Å²) in [4.78, 5) is 5.08. The van der Waals surface area contributed by atoms with Gasteiger partial charge in [-0.15, -0.1) is 11.3 Å². The molecule has 3 heterocycles. The molecule has 4 aliphatic rings. The van der Waals surface area contributed by atoms with E-state index >= 15 is 0 Å². The van der Waals surface area contributed by atoms with Gasteiger partial charge < -0.3 is 14.5 Å². The molecule has 0 amide bonds. The van der Waals surface area contributed by atoms with Crippen molar-refractivity contribution in [2.45, 2.75) is 104 Å². The van der Waals surface area contributed by atoms with Crippen LogP contribution in [0.25, 0.3) is 10.1 Å². The second-order valence-corrected chi connectivity index (χ2v) is 21.6. The zero-order valence-electron chi connectivity index (χ0n) is 36.0. The lowest BCUT2D eigenvalue weighted by Crippen LogP contribution is -2.58. The van der Waals surface area contributed by atoms with Gasteiger partial charge in [-0.25, -0.2) is 0 Å². The molecule has 3 nitrogen and oxygen atoms in total. The molecule has 0 radical (unpaired) electrons. The van der Waals surface area contributed by atoms with Crippen molar-refractivity contribution in [3.8, 4) is 11.5 Å². The van der Waals surface area contributed by atoms with Crippen molar-refractivity contribution in [2.24, 2.45) is 0 Å². The van der Waals surface area contributed by atoms with Gasteiger partial charge in [-0.1, -0.05) is 105 Å². The van der Waals surface area contributed by atoms with Gasteiger partial charge in [0, 0.05) is 43.7 Å². The van der Waals surface area contributed by atoms with Crippen molar-refractivity contribution in [2.75, 3.05) is 9.80 Å². The Kier molecular flexibility index (Phi) is 7.88. The Morgan fingerprint density at radius 2 is 1.12 bits per heavy atom. The summed E-state index contributed by atoms with van der Waals surface area (Å²) < 4.78 is 9.91. The molecule has 11 rings (SSSR count). The van der Waals surface area contributed by atoms with E-state index in [1.807, 2.05) is 11.3 Å². The number of hydrogen-bond donors (Lipinski definition) is 0. The smallest absolute Gasteiger partial charge is 0.268 e. The van der Waals surface area contributed by atoms with Gasteiger partial charge in [-0.05, 0) is 152 Å². The standard InChI is InChI=1S/C54H53BN2OS/c1-52(2,3)36-16-22-39(23-17-36)57-45-30-42(56(40-20-14-32-10-12-34(32)26-40)41-21-15-33-11-13-35(33)27-41)31-47-49(45)55(44-29-38(54(7,8)9)18-24-46(44)58-47)51-50(57)43-28-37(53(4,5)6)19-25-48(43)59-51/h14-31H,10-13H2,1-9H3. The summed E-state index contributed by atoms with van der Waals surface area (Å²) in [5.74, 6) is 1.89. The Hall–Kier alpha value is -5.26. The van der Waals surface area contributed by atoms with Gasteiger partial charge in [0.1, 0.15) is 11.5 Å². The van der Waals surface area contributed by atoms with Gasteiger partial charge in [-0.2, -0.15) is 0 Å². The van der Waals surface area contributed by atoms with Crippen molar-refractivity contribution < 1.29 is 4.74 Å². The molecular weight excluding hydrogens is 735 g/mol. The number of ether oxygens (including phenoxy) is 1. The van der Waals surface area contributed by atoms with Crippen molar-refractivity contribution in [1.29, 1.82) is 0 Å². The van der Waals surface area contributed by atoms with Crippen molar-refractivity contribution in [3.05, 3.63) is 148 Å². The molecular formula is C54H53BN2OS. The van der Waals surface area contributed by atoms with Crippen LogP contribution in [0.15, 0.2) is 109 Å². The zero-order valence-corrected chi connectivity index (χ0v) is 36.8. The summed E-state index contributed by atoms with van der Waals surface area (Å²) in [7, 11) is 0. The Balaban J connectivity index is 1.22. The molecule has 2 aliphatic carbocycles. The summed E-state index contributed by atoms with van der Waals surface area (Å²) in [5, 5.41) is 1.32. The second-order valence-electron chi connectivity index (χ2n) is 20.6. The maximum Gasteiger partial charge on any atom is 0.268 e. The zero-order chi connectivity index (χ0) is 40.7. The summed E-state index contributed by atoms with van der Waals surface area (Å²) >= 11 is 1.96. The maximum atomic E-state index is 7.21. The summed E-state index contributed by atoms with van der Waals surface area (Å²) in [6.45, 7) is 20.9. The molecule has 6 aromatic carbocycles. The quantitative estimate of drug-likeness (QED) is 0.165. The first kappa shape index (κ1) is 36.8. The van der Waals surface area contributed by atoms with Crippen LogP contribution in [-0.4, -0.2) is 6.71 Å². The van der Waals surface area contributed by atoms with E-state index in [9.17, 15) is 0 Å². The van der Waals surface area contributed by atoms with Gasteiger partial charge >= 0.3 is 0 Å². The third kappa shape index (κ3) is 5.82. The largest absolute Gasteiger partial charge is 0.458 e. The average Bonchev–Trinajstić information content (AvgIpc) is 3.54. The fraction of sp³-hybridized carbons (Fsp3) is 0.296. The fourth-order valence-electron chi connectivity index (χ4n) is 9.75. The number of rotatable bonds is 4. The van der Waals surface area contributed by atoms with E-state index in [2.05, 4.69) is 181 Å². The highest BCUT2D eigenvalue weighted by Gasteiger charge is 2.45. The molecule has 0 unspecified atom stereocenters. The molecule has 0 saturated heterocycles. The fourth-order valence-corrected chi connectivity index (χ4v) is 11.0. The van der Waals surface area contributed by atoms with Gasteiger partial charge in [-0.3, -0.25) is 0 Å². The van der Waals surface area contributed by atoms with Crippen LogP contribution in [0.3, 0.4) is 0 Å². The van der Waals surface area contributed by atoms with E-state index < -0.39 is 0 Å². The Morgan fingerprint density at radius 1 is 0.542 bits per heavy atom. The minimum Gasteiger partial charge on any atom is -0.458 e. The number of fused-ring (bicyclic) bond motifs is 8. The molecule has 0 N–H and O–H groups in total. The Morgan fingerprint density at radius 3 is 1.69 bits per heavy atom. The van der Waals surface area contributed by atoms with E-state index in [1.54, 1.807) is 0 Å². The van der Waals surface area contributed by atoms with Crippen LogP contribution in [-0.2, 0) is 41.9 Å². The highest BCUT2D eigenvalue weighted by atomic mass is 32.1. The number of anilines is 6. The minimum absolute atomic E-state index is 0.00341. The molecule has 7 aromatic rings. The van der Waals surface area contributed by atoms with Crippen LogP contribution >= 0.6 is 11.3 Å². The number of nitrogens with zero attached hydrogens (tertiary/aromatic N) is 2. The van der Waals surface area contributed by atoms with E-state index in [4.69, 9.17) is 4.74 Å². The van der Waals surface area contributed by atoms with E-state index in [1.165, 1.54) is 106 Å². The van der Waals surface area contributed by atoms with E-state index in [0.29, 0.717) is 0 Å². The van der Waals surface area contributed by atoms with Gasteiger partial charge in [0.05, 0.1) is 11.4 Å². The van der Waals surface area contributed by atoms with Crippen molar-refractivity contribution in [1.82, 2.24) is 0 Å². The van der Waals surface area contributed by atoms with Crippen LogP contribution < -0.4 is 30.2 Å². The Bertz CT molecular complexity index is 2830. The van der Waals surface area contributed by atoms with Crippen LogP contribution in [0.1, 0.15) is 101 Å². The summed E-state index contributed by atoms with van der Waals surface area (Å²) in [6.07, 6.45) is 4.61. The highest BCUT2D eigenvalue weighted by molar-refractivity contribution is 7.33. The van der Waals surface area contributed by atoms with Gasteiger partial charge in [0.25, 0.3) is 6.71 Å². The highest BCUT2D eigenvalue weighted by Crippen LogP contribution is 2.50. The molecule has 1 aromatic heterocycles. The number of thiophene rings is 1. The van der Waals surface area contributed by atoms with E-state index in [0.717, 1.165) is 30.0 Å². The lowest BCUT2D eigenvalue weighted by Gasteiger charge is -2.40. The van der Waals surface area contributed by atoms with Gasteiger partial charge in [0.2, 0.25) is 0 Å². The first-order valence-corrected chi connectivity index (χ1v) is 22.4. The SMILES string of the molecule is CC(C)(C)c1ccc(N2c3cc(N(c4ccc5c(c4)CC5)c4ccc5c(c4)CC5)cc4c3B(c3cc(C(C)(C)C)ccc3O4)c3sc4ccc(C(C)(C)C)cc4c32)cc1. The topological polar surface area (TPSA) is 15.7 Å². The van der Waals surface area contributed by atoms with E-state index in [-0.39, 0.29) is 23.0 Å². The number of hydrogen-bond acceptors (Lipinski definition) is 4. The lowest BCUT2D eigenvalue weighted by molar-refractivity contribution is 0.486. The van der Waals surface area contributed by atoms with Gasteiger partial charge in [0.15, 0.2) is 0 Å². The second kappa shape index (κ2) is 12.6. The summed E-state index contributed by atoms with van der Waals surface area (Å²) in [5.41, 5.74) is 19.6. The molecule has 0 bridgehead atoms. The molecule has 294 valence electrons. The van der Waals surface area contributed by atoms with Crippen LogP contribution in [0.4, 0.5) is 34.1 Å². The third-order valence-electron chi connectivity index (χ3n) is 13.6. The molecule has 0 atom stereocenters. The van der Waals surface area contributed by atoms with Crippen LogP contribution in [0.5, 0.6) is 11.5 Å². The molecule has 0 fully saturated rings. The maximum absolute atomic E-state index is 7.21. The molecule has 0 spiro atoms. The minimum atomic E-state index is -0.00341. The molecule has 5 heteroatoms. The third-order valence-corrected chi connectivity index (χ3v) is 14.8.